The van der Waals surface area contributed by atoms with Gasteiger partial charge in [0.25, 0.3) is 0 Å². The molecule has 2 aliphatic rings. The van der Waals surface area contributed by atoms with E-state index in [2.05, 4.69) is 6.58 Å². The summed E-state index contributed by atoms with van der Waals surface area (Å²) in [6, 6.07) is 0. The van der Waals surface area contributed by atoms with Crippen molar-refractivity contribution in [3.05, 3.63) is 12.2 Å². The van der Waals surface area contributed by atoms with Gasteiger partial charge in [0.05, 0.1) is 0 Å². The van der Waals surface area contributed by atoms with Crippen molar-refractivity contribution in [2.45, 2.75) is 65.2 Å². The minimum Gasteiger partial charge on any atom is -0.478 e. The molecule has 0 aliphatic heterocycles. The van der Waals surface area contributed by atoms with Crippen LogP contribution in [0.2, 0.25) is 0 Å². The number of carboxylic acids is 1. The van der Waals surface area contributed by atoms with Gasteiger partial charge < -0.3 is 5.11 Å². The smallest absolute Gasteiger partial charge is 0.331 e. The van der Waals surface area contributed by atoms with Crippen LogP contribution in [0, 0.1) is 17.8 Å². The lowest BCUT2D eigenvalue weighted by atomic mass is 9.71. The Morgan fingerprint density at radius 1 is 1.00 bits per heavy atom. The highest BCUT2D eigenvalue weighted by atomic mass is 16.4. The second-order valence-electron chi connectivity index (χ2n) is 6.07. The third-order valence-electron chi connectivity index (χ3n) is 4.44. The lowest BCUT2D eigenvalue weighted by Gasteiger charge is -2.35. The molecule has 0 bridgehead atoms. The minimum atomic E-state index is -0.903. The van der Waals surface area contributed by atoms with Crippen molar-refractivity contribution >= 4 is 5.97 Å². The molecule has 18 heavy (non-hydrogen) atoms. The summed E-state index contributed by atoms with van der Waals surface area (Å²) in [5.74, 6) is 1.46. The van der Waals surface area contributed by atoms with Gasteiger partial charge in [0, 0.05) is 5.57 Å². The molecule has 2 aliphatic carbocycles. The number of hydrogen-bond donors (Lipinski definition) is 1. The van der Waals surface area contributed by atoms with Gasteiger partial charge in [-0.15, -0.1) is 0 Å². The summed E-state index contributed by atoms with van der Waals surface area (Å²) in [5, 5.41) is 8.25. The van der Waals surface area contributed by atoms with Gasteiger partial charge in [-0.1, -0.05) is 71.8 Å². The van der Waals surface area contributed by atoms with Crippen LogP contribution in [0.5, 0.6) is 0 Å². The number of rotatable bonds is 2. The Labute approximate surface area is 111 Å². The highest BCUT2D eigenvalue weighted by Gasteiger charge is 2.26. The number of aliphatic carboxylic acids is 1. The van der Waals surface area contributed by atoms with E-state index < -0.39 is 5.97 Å². The number of hydrogen-bond acceptors (Lipinski definition) is 1. The van der Waals surface area contributed by atoms with Crippen LogP contribution in [-0.2, 0) is 4.79 Å². The fourth-order valence-electron chi connectivity index (χ4n) is 3.10. The van der Waals surface area contributed by atoms with Crippen molar-refractivity contribution in [2.75, 3.05) is 0 Å². The first-order valence-electron chi connectivity index (χ1n) is 7.44. The first kappa shape index (κ1) is 15.3. The molecule has 0 aromatic heterocycles. The summed E-state index contributed by atoms with van der Waals surface area (Å²) < 4.78 is 0. The van der Waals surface area contributed by atoms with Gasteiger partial charge in [-0.3, -0.25) is 0 Å². The van der Waals surface area contributed by atoms with E-state index in [4.69, 9.17) is 5.11 Å². The van der Waals surface area contributed by atoms with E-state index in [1.54, 1.807) is 39.5 Å². The average molecular weight is 252 g/mol. The molecule has 0 heterocycles. The van der Waals surface area contributed by atoms with Gasteiger partial charge in [0.1, 0.15) is 0 Å². The summed E-state index contributed by atoms with van der Waals surface area (Å²) >= 11 is 0. The Morgan fingerprint density at radius 3 is 1.50 bits per heavy atom. The van der Waals surface area contributed by atoms with Gasteiger partial charge in [-0.25, -0.2) is 4.79 Å². The van der Waals surface area contributed by atoms with Gasteiger partial charge in [-0.2, -0.15) is 0 Å². The van der Waals surface area contributed by atoms with Crippen LogP contribution in [0.3, 0.4) is 0 Å². The lowest BCUT2D eigenvalue weighted by Crippen LogP contribution is -2.22. The van der Waals surface area contributed by atoms with E-state index in [1.807, 2.05) is 0 Å². The predicted octanol–water partition coefficient (Wildman–Crippen LogP) is 4.65. The molecule has 0 atom stereocenters. The molecular weight excluding hydrogens is 224 g/mol. The molecule has 0 aromatic rings. The van der Waals surface area contributed by atoms with Gasteiger partial charge in [0.15, 0.2) is 0 Å². The topological polar surface area (TPSA) is 37.3 Å². The van der Waals surface area contributed by atoms with Gasteiger partial charge in [-0.05, 0) is 17.8 Å². The van der Waals surface area contributed by atoms with Crippen LogP contribution in [-0.4, -0.2) is 11.1 Å². The van der Waals surface area contributed by atoms with E-state index in [0.29, 0.717) is 0 Å². The molecule has 104 valence electrons. The van der Waals surface area contributed by atoms with Crippen molar-refractivity contribution in [1.29, 1.82) is 0 Å². The zero-order chi connectivity index (χ0) is 13.5. The Hall–Kier alpha value is -0.790. The normalized spacial score (nSPS) is 26.8. The Balaban J connectivity index is 0.000000187. The maximum atomic E-state index is 10.0. The fourth-order valence-corrected chi connectivity index (χ4v) is 3.10. The van der Waals surface area contributed by atoms with Crippen molar-refractivity contribution in [1.82, 2.24) is 0 Å². The average Bonchev–Trinajstić information content (AvgIpc) is 2.38. The maximum Gasteiger partial charge on any atom is 0.331 e. The predicted molar refractivity (Wildman–Crippen MR) is 75.5 cm³/mol. The lowest BCUT2D eigenvalue weighted by molar-refractivity contribution is -0.133. The Morgan fingerprint density at radius 2 is 1.33 bits per heavy atom. The maximum absolute atomic E-state index is 10.0. The molecule has 2 heteroatoms. The molecule has 0 radical (unpaired) electrons. The van der Waals surface area contributed by atoms with Crippen LogP contribution < -0.4 is 0 Å². The second kappa shape index (κ2) is 7.60. The van der Waals surface area contributed by atoms with Gasteiger partial charge >= 0.3 is 5.97 Å². The zero-order valence-electron chi connectivity index (χ0n) is 12.0. The quantitative estimate of drug-likeness (QED) is 0.726. The van der Waals surface area contributed by atoms with E-state index in [9.17, 15) is 4.79 Å². The molecule has 2 fully saturated rings. The molecule has 0 aromatic carbocycles. The molecular formula is C16H28O2. The van der Waals surface area contributed by atoms with E-state index in [-0.39, 0.29) is 11.5 Å². The van der Waals surface area contributed by atoms with Crippen molar-refractivity contribution in [3.8, 4) is 0 Å². The summed E-state index contributed by atoms with van der Waals surface area (Å²) in [5.41, 5.74) is 0.269. The Kier molecular flexibility index (Phi) is 6.45. The Bertz CT molecular complexity index is 255. The molecule has 2 saturated carbocycles. The molecule has 0 spiro atoms. The van der Waals surface area contributed by atoms with Crippen LogP contribution in [0.1, 0.15) is 65.2 Å². The van der Waals surface area contributed by atoms with Crippen molar-refractivity contribution in [2.24, 2.45) is 17.8 Å². The monoisotopic (exact) mass is 252 g/mol. The van der Waals surface area contributed by atoms with E-state index in [0.717, 1.165) is 11.8 Å². The minimum absolute atomic E-state index is 0.0486. The first-order chi connectivity index (χ1) is 8.52. The molecule has 2 nitrogen and oxygen atoms in total. The number of carbonyl (C=O) groups is 1. The summed E-state index contributed by atoms with van der Waals surface area (Å²) in [6.45, 7) is 6.96. The number of fused-ring (bicyclic) bond motifs is 1. The molecule has 1 N–H and O–H groups in total. The molecule has 0 amide bonds. The van der Waals surface area contributed by atoms with Crippen LogP contribution in [0.4, 0.5) is 0 Å². The first-order valence-corrected chi connectivity index (χ1v) is 7.44. The van der Waals surface area contributed by atoms with Crippen molar-refractivity contribution in [3.63, 3.8) is 0 Å². The molecule has 2 rings (SSSR count). The van der Waals surface area contributed by atoms with Crippen LogP contribution in [0.25, 0.3) is 0 Å². The standard InChI is InChI=1S/C10H18.C6H10O2/c1-2-6-10-8-4-3-7-9(10)5-1;1-4(2)5(3)6(7)8/h9-10H,1-8H2;4H,3H2,1-2H3,(H,7,8). The van der Waals surface area contributed by atoms with Crippen molar-refractivity contribution < 1.29 is 9.90 Å². The molecule has 0 saturated heterocycles. The third kappa shape index (κ3) is 4.83. The number of carboxylic acid groups (broad SMARTS) is 1. The summed E-state index contributed by atoms with van der Waals surface area (Å²) in [6.07, 6.45) is 12.4. The second-order valence-corrected chi connectivity index (χ2v) is 6.07. The largest absolute Gasteiger partial charge is 0.478 e. The van der Waals surface area contributed by atoms with E-state index >= 15 is 0 Å². The third-order valence-corrected chi connectivity index (χ3v) is 4.44. The SMILES string of the molecule is C1CCC2CCCCC2C1.C=C(C(=O)O)C(C)C. The van der Waals surface area contributed by atoms with E-state index in [1.165, 1.54) is 25.7 Å². The molecule has 0 unspecified atom stereocenters. The van der Waals surface area contributed by atoms with Crippen LogP contribution in [0.15, 0.2) is 12.2 Å². The van der Waals surface area contributed by atoms with Gasteiger partial charge in [0.2, 0.25) is 0 Å². The zero-order valence-corrected chi connectivity index (χ0v) is 12.0. The van der Waals surface area contributed by atoms with Crippen LogP contribution >= 0.6 is 0 Å². The fraction of sp³-hybridized carbons (Fsp3) is 0.812. The summed E-state index contributed by atoms with van der Waals surface area (Å²) in [7, 11) is 0. The highest BCUT2D eigenvalue weighted by molar-refractivity contribution is 5.86. The summed E-state index contributed by atoms with van der Waals surface area (Å²) in [4.78, 5) is 10.0. The highest BCUT2D eigenvalue weighted by Crippen LogP contribution is 2.39.